The Morgan fingerprint density at radius 3 is 2.15 bits per heavy atom. The molecule has 3 aromatic rings. The van der Waals surface area contributed by atoms with E-state index in [2.05, 4.69) is 24.3 Å². The summed E-state index contributed by atoms with van der Waals surface area (Å²) in [6.07, 6.45) is 2.08. The maximum atomic E-state index is 12.6. The number of carbonyl (C=O) groups is 1. The highest BCUT2D eigenvalue weighted by molar-refractivity contribution is 5.83. The second-order valence-corrected chi connectivity index (χ2v) is 7.36. The molecule has 5 rings (SSSR count). The van der Waals surface area contributed by atoms with E-state index in [1.807, 2.05) is 42.5 Å². The van der Waals surface area contributed by atoms with Gasteiger partial charge in [-0.05, 0) is 23.1 Å². The van der Waals surface area contributed by atoms with E-state index >= 15 is 0 Å². The van der Waals surface area contributed by atoms with E-state index in [4.69, 9.17) is 4.74 Å². The van der Waals surface area contributed by atoms with E-state index in [0.29, 0.717) is 12.1 Å². The third-order valence-electron chi connectivity index (χ3n) is 6.02. The zero-order valence-corrected chi connectivity index (χ0v) is 14.7. The number of fused-ring (bicyclic) bond motifs is 1. The molecular formula is C23H19NO3. The minimum absolute atomic E-state index is 0.0185. The lowest BCUT2D eigenvalue weighted by molar-refractivity contribution is -0.625. The van der Waals surface area contributed by atoms with Crippen molar-refractivity contribution in [1.82, 2.24) is 0 Å². The highest BCUT2D eigenvalue weighted by Gasteiger charge is 2.71. The first kappa shape index (κ1) is 16.1. The van der Waals surface area contributed by atoms with Crippen molar-refractivity contribution in [2.24, 2.45) is 5.92 Å². The van der Waals surface area contributed by atoms with E-state index in [9.17, 15) is 10.0 Å². The third-order valence-corrected chi connectivity index (χ3v) is 6.02. The molecule has 2 aromatic carbocycles. The molecule has 1 aromatic heterocycles. The summed E-state index contributed by atoms with van der Waals surface area (Å²) in [6.45, 7) is 0. The summed E-state index contributed by atoms with van der Waals surface area (Å²) < 4.78 is 6.60. The summed E-state index contributed by atoms with van der Waals surface area (Å²) in [7, 11) is 0. The third kappa shape index (κ3) is 2.29. The molecule has 0 spiro atoms. The Kier molecular flexibility index (Phi) is 3.54. The molecule has 1 aliphatic heterocycles. The van der Waals surface area contributed by atoms with E-state index < -0.39 is 5.60 Å². The minimum atomic E-state index is -0.860. The average Bonchev–Trinajstić information content (AvgIpc) is 2.99. The molecule has 0 unspecified atom stereocenters. The summed E-state index contributed by atoms with van der Waals surface area (Å²) in [4.78, 5) is 12.6. The largest absolute Gasteiger partial charge is 0.618 e. The molecule has 2 heterocycles. The molecule has 134 valence electrons. The van der Waals surface area contributed by atoms with Crippen molar-refractivity contribution < 1.29 is 14.3 Å². The summed E-state index contributed by atoms with van der Waals surface area (Å²) in [5.41, 5.74) is 1.95. The second kappa shape index (κ2) is 5.95. The fraction of sp³-hybridized carbons (Fsp3) is 0.217. The maximum Gasteiger partial charge on any atom is 0.315 e. The fourth-order valence-corrected chi connectivity index (χ4v) is 4.93. The summed E-state index contributed by atoms with van der Waals surface area (Å²) in [6, 6.07) is 25.6. The Labute approximate surface area is 157 Å². The van der Waals surface area contributed by atoms with Gasteiger partial charge in [-0.15, -0.1) is 0 Å². The van der Waals surface area contributed by atoms with Gasteiger partial charge in [-0.25, -0.2) is 0 Å². The first-order valence-corrected chi connectivity index (χ1v) is 9.22. The number of hydrogen-bond acceptors (Lipinski definition) is 3. The van der Waals surface area contributed by atoms with Crippen LogP contribution in [0.5, 0.6) is 0 Å². The van der Waals surface area contributed by atoms with Gasteiger partial charge in [-0.3, -0.25) is 4.79 Å². The van der Waals surface area contributed by atoms with Gasteiger partial charge >= 0.3 is 5.97 Å². The highest BCUT2D eigenvalue weighted by Crippen LogP contribution is 2.64. The Morgan fingerprint density at radius 1 is 0.889 bits per heavy atom. The van der Waals surface area contributed by atoms with Crippen LogP contribution in [0.1, 0.15) is 35.1 Å². The van der Waals surface area contributed by atoms with Gasteiger partial charge in [-0.2, -0.15) is 4.73 Å². The van der Waals surface area contributed by atoms with Crippen molar-refractivity contribution in [1.29, 1.82) is 0 Å². The Bertz CT molecular complexity index is 989. The molecular weight excluding hydrogens is 338 g/mol. The number of ether oxygens (including phenoxy) is 1. The molecule has 0 N–H and O–H groups in total. The average molecular weight is 357 g/mol. The number of carbonyl (C=O) groups excluding carboxylic acids is 1. The van der Waals surface area contributed by atoms with Crippen molar-refractivity contribution in [2.45, 2.75) is 23.9 Å². The molecule has 0 bridgehead atoms. The van der Waals surface area contributed by atoms with Gasteiger partial charge in [0.1, 0.15) is 5.92 Å². The number of hydrogen-bond donors (Lipinski definition) is 0. The molecule has 4 nitrogen and oxygen atoms in total. The molecule has 27 heavy (non-hydrogen) atoms. The van der Waals surface area contributed by atoms with Crippen LogP contribution in [0.4, 0.5) is 0 Å². The molecule has 2 aliphatic rings. The van der Waals surface area contributed by atoms with Gasteiger partial charge in [0.15, 0.2) is 6.20 Å². The van der Waals surface area contributed by atoms with Crippen molar-refractivity contribution >= 4 is 5.97 Å². The van der Waals surface area contributed by atoms with Crippen LogP contribution in [0, 0.1) is 11.1 Å². The van der Waals surface area contributed by atoms with Gasteiger partial charge in [0.2, 0.25) is 11.3 Å². The van der Waals surface area contributed by atoms with E-state index in [0.717, 1.165) is 10.3 Å². The van der Waals surface area contributed by atoms with Gasteiger partial charge < -0.3 is 9.94 Å². The fourth-order valence-electron chi connectivity index (χ4n) is 4.93. The van der Waals surface area contributed by atoms with Crippen LogP contribution in [0.2, 0.25) is 0 Å². The molecule has 2 fully saturated rings. The summed E-state index contributed by atoms with van der Waals surface area (Å²) >= 11 is 0. The van der Waals surface area contributed by atoms with E-state index in [-0.39, 0.29) is 23.7 Å². The normalized spacial score (nSPS) is 28.9. The van der Waals surface area contributed by atoms with Crippen LogP contribution < -0.4 is 4.73 Å². The number of esters is 1. The van der Waals surface area contributed by atoms with Gasteiger partial charge in [0, 0.05) is 24.5 Å². The number of aromatic nitrogens is 1. The number of nitrogens with zero attached hydrogens (tertiary/aromatic N) is 1. The summed E-state index contributed by atoms with van der Waals surface area (Å²) in [5.74, 6) is -0.487. The Morgan fingerprint density at radius 2 is 1.52 bits per heavy atom. The molecule has 0 amide bonds. The van der Waals surface area contributed by atoms with Crippen molar-refractivity contribution in [3.63, 3.8) is 0 Å². The van der Waals surface area contributed by atoms with Gasteiger partial charge in [-0.1, -0.05) is 60.7 Å². The first-order valence-electron chi connectivity index (χ1n) is 9.22. The van der Waals surface area contributed by atoms with Crippen LogP contribution in [0.15, 0.2) is 85.1 Å². The predicted octanol–water partition coefficient (Wildman–Crippen LogP) is 3.66. The second-order valence-electron chi connectivity index (χ2n) is 7.36. The van der Waals surface area contributed by atoms with Crippen molar-refractivity contribution in [2.75, 3.05) is 0 Å². The van der Waals surface area contributed by atoms with Crippen LogP contribution in [0.3, 0.4) is 0 Å². The van der Waals surface area contributed by atoms with E-state index in [1.165, 1.54) is 11.8 Å². The molecule has 4 atom stereocenters. The smallest absolute Gasteiger partial charge is 0.315 e. The molecule has 1 saturated carbocycles. The number of rotatable bonds is 3. The lowest BCUT2D eigenvalue weighted by Crippen LogP contribution is -2.57. The summed E-state index contributed by atoms with van der Waals surface area (Å²) in [5, 5.41) is 12.5. The lowest BCUT2D eigenvalue weighted by Gasteiger charge is -2.42. The van der Waals surface area contributed by atoms with Crippen LogP contribution in [-0.4, -0.2) is 5.97 Å². The van der Waals surface area contributed by atoms with Crippen LogP contribution in [0.25, 0.3) is 0 Å². The van der Waals surface area contributed by atoms with Crippen LogP contribution in [-0.2, 0) is 15.1 Å². The molecule has 1 saturated heterocycles. The number of benzene rings is 2. The number of pyridine rings is 1. The Hall–Kier alpha value is -3.14. The zero-order valence-electron chi connectivity index (χ0n) is 14.7. The topological polar surface area (TPSA) is 53.2 Å². The minimum Gasteiger partial charge on any atom is -0.618 e. The Balaban J connectivity index is 1.68. The van der Waals surface area contributed by atoms with Gasteiger partial charge in [0.25, 0.3) is 0 Å². The van der Waals surface area contributed by atoms with Gasteiger partial charge in [0.05, 0.1) is 0 Å². The van der Waals surface area contributed by atoms with Crippen molar-refractivity contribution in [3.8, 4) is 0 Å². The molecule has 4 heteroatoms. The monoisotopic (exact) mass is 357 g/mol. The predicted molar refractivity (Wildman–Crippen MR) is 99.6 cm³/mol. The van der Waals surface area contributed by atoms with E-state index in [1.54, 1.807) is 12.1 Å². The standard InChI is InChI=1S/C23H19NO3/c25-22-21-20(17-11-5-2-6-12-17)18(16-9-3-1-4-10-16)15-23(21,27-22)19-13-7-8-14-24(19)26/h1-14,18,20-21H,15H2/t18-,20-,21+,23-/m0/s1. The molecule has 0 radical (unpaired) electrons. The van der Waals surface area contributed by atoms with Crippen LogP contribution >= 0.6 is 0 Å². The highest BCUT2D eigenvalue weighted by atomic mass is 16.6. The SMILES string of the molecule is O=C1O[C@]2(c3cccc[n+]3[O-])C[C@@H](c3ccccc3)[C@H](c3ccccc3)[C@H]12. The maximum absolute atomic E-state index is 12.6. The quantitative estimate of drug-likeness (QED) is 0.408. The van der Waals surface area contributed by atoms with Crippen molar-refractivity contribution in [3.05, 3.63) is 107 Å². The first-order chi connectivity index (χ1) is 13.2. The lowest BCUT2D eigenvalue weighted by atomic mass is 9.74. The molecule has 1 aliphatic carbocycles. The zero-order chi connectivity index (χ0) is 18.4.